The minimum absolute atomic E-state index is 0.204. The van der Waals surface area contributed by atoms with Crippen LogP contribution in [-0.2, 0) is 6.54 Å². The zero-order valence-corrected chi connectivity index (χ0v) is 11.1. The van der Waals surface area contributed by atoms with Gasteiger partial charge in [0.2, 0.25) is 0 Å². The van der Waals surface area contributed by atoms with E-state index in [-0.39, 0.29) is 5.82 Å². The number of benzene rings is 1. The second-order valence-electron chi connectivity index (χ2n) is 4.16. The zero-order valence-electron chi connectivity index (χ0n) is 9.48. The van der Waals surface area contributed by atoms with Crippen LogP contribution >= 0.6 is 15.9 Å². The number of rotatable bonds is 2. The molecule has 0 aliphatic rings. The molecule has 0 saturated heterocycles. The van der Waals surface area contributed by atoms with Crippen molar-refractivity contribution in [2.75, 3.05) is 0 Å². The second kappa shape index (κ2) is 4.53. The predicted octanol–water partition coefficient (Wildman–Crippen LogP) is 3.99. The van der Waals surface area contributed by atoms with Crippen molar-refractivity contribution in [1.82, 2.24) is 9.55 Å². The first-order valence-corrected chi connectivity index (χ1v) is 6.35. The highest BCUT2D eigenvalue weighted by Crippen LogP contribution is 2.19. The van der Waals surface area contributed by atoms with E-state index in [0.717, 1.165) is 27.5 Å². The van der Waals surface area contributed by atoms with Crippen molar-refractivity contribution >= 4 is 26.8 Å². The SMILES string of the molecule is Fc1ccc2c(ccn2Cc2cncc(Br)c2)c1. The average molecular weight is 305 g/mol. The minimum Gasteiger partial charge on any atom is -0.343 e. The van der Waals surface area contributed by atoms with Gasteiger partial charge in [0.15, 0.2) is 0 Å². The predicted molar refractivity (Wildman–Crippen MR) is 72.9 cm³/mol. The Morgan fingerprint density at radius 1 is 1.17 bits per heavy atom. The molecule has 0 amide bonds. The molecule has 0 N–H and O–H groups in total. The van der Waals surface area contributed by atoms with E-state index >= 15 is 0 Å². The van der Waals surface area contributed by atoms with E-state index in [2.05, 4.69) is 25.5 Å². The smallest absolute Gasteiger partial charge is 0.123 e. The quantitative estimate of drug-likeness (QED) is 0.700. The lowest BCUT2D eigenvalue weighted by Gasteiger charge is -2.05. The number of nitrogens with zero attached hydrogens (tertiary/aromatic N) is 2. The Morgan fingerprint density at radius 3 is 2.89 bits per heavy atom. The van der Waals surface area contributed by atoms with Gasteiger partial charge < -0.3 is 4.57 Å². The Bertz CT molecular complexity index is 706. The summed E-state index contributed by atoms with van der Waals surface area (Å²) in [6.07, 6.45) is 5.55. The maximum atomic E-state index is 13.1. The molecule has 4 heteroatoms. The zero-order chi connectivity index (χ0) is 12.5. The fourth-order valence-electron chi connectivity index (χ4n) is 2.05. The summed E-state index contributed by atoms with van der Waals surface area (Å²) in [7, 11) is 0. The number of hydrogen-bond acceptors (Lipinski definition) is 1. The third-order valence-corrected chi connectivity index (χ3v) is 3.28. The van der Waals surface area contributed by atoms with Crippen LogP contribution in [0.2, 0.25) is 0 Å². The maximum absolute atomic E-state index is 13.1. The van der Waals surface area contributed by atoms with Crippen LogP contribution in [0.3, 0.4) is 0 Å². The molecular formula is C14H10BrFN2. The molecule has 0 aliphatic carbocycles. The topological polar surface area (TPSA) is 17.8 Å². The number of aromatic nitrogens is 2. The number of fused-ring (bicyclic) bond motifs is 1. The Kier molecular flexibility index (Phi) is 2.88. The molecule has 0 fully saturated rings. The van der Waals surface area contributed by atoms with E-state index in [0.29, 0.717) is 0 Å². The van der Waals surface area contributed by atoms with Crippen LogP contribution in [0.15, 0.2) is 53.4 Å². The van der Waals surface area contributed by atoms with Crippen molar-refractivity contribution in [3.63, 3.8) is 0 Å². The van der Waals surface area contributed by atoms with Crippen molar-refractivity contribution in [1.29, 1.82) is 0 Å². The molecule has 2 heterocycles. The molecule has 0 radical (unpaired) electrons. The first kappa shape index (κ1) is 11.4. The van der Waals surface area contributed by atoms with E-state index in [4.69, 9.17) is 0 Å². The molecule has 0 aliphatic heterocycles. The van der Waals surface area contributed by atoms with Gasteiger partial charge >= 0.3 is 0 Å². The summed E-state index contributed by atoms with van der Waals surface area (Å²) in [5.41, 5.74) is 2.13. The van der Waals surface area contributed by atoms with E-state index < -0.39 is 0 Å². The van der Waals surface area contributed by atoms with Crippen molar-refractivity contribution in [3.8, 4) is 0 Å². The highest BCUT2D eigenvalue weighted by atomic mass is 79.9. The molecule has 0 bridgehead atoms. The number of hydrogen-bond donors (Lipinski definition) is 0. The van der Waals surface area contributed by atoms with E-state index in [1.807, 2.05) is 24.5 Å². The summed E-state index contributed by atoms with van der Waals surface area (Å²) in [4.78, 5) is 4.14. The lowest BCUT2D eigenvalue weighted by Crippen LogP contribution is -1.98. The fraction of sp³-hybridized carbons (Fsp3) is 0.0714. The lowest BCUT2D eigenvalue weighted by atomic mass is 10.2. The Labute approximate surface area is 112 Å². The molecule has 18 heavy (non-hydrogen) atoms. The normalized spacial score (nSPS) is 11.0. The Morgan fingerprint density at radius 2 is 2.06 bits per heavy atom. The molecule has 0 unspecified atom stereocenters. The van der Waals surface area contributed by atoms with Crippen LogP contribution in [0, 0.1) is 5.82 Å². The van der Waals surface area contributed by atoms with E-state index in [9.17, 15) is 4.39 Å². The van der Waals surface area contributed by atoms with Crippen molar-refractivity contribution in [2.45, 2.75) is 6.54 Å². The van der Waals surface area contributed by atoms with Gasteiger partial charge in [-0.15, -0.1) is 0 Å². The third kappa shape index (κ3) is 2.16. The van der Waals surface area contributed by atoms with Crippen molar-refractivity contribution < 1.29 is 4.39 Å². The molecular weight excluding hydrogens is 295 g/mol. The first-order valence-electron chi connectivity index (χ1n) is 5.56. The summed E-state index contributed by atoms with van der Waals surface area (Å²) in [6.45, 7) is 0.724. The molecule has 0 saturated carbocycles. The Balaban J connectivity index is 2.00. The van der Waals surface area contributed by atoms with Gasteiger partial charge in [0.25, 0.3) is 0 Å². The molecule has 3 rings (SSSR count). The van der Waals surface area contributed by atoms with Gasteiger partial charge in [0, 0.05) is 40.5 Å². The Hall–Kier alpha value is -1.68. The van der Waals surface area contributed by atoms with Crippen LogP contribution < -0.4 is 0 Å². The van der Waals surface area contributed by atoms with Crippen molar-refractivity contribution in [2.24, 2.45) is 0 Å². The highest BCUT2D eigenvalue weighted by molar-refractivity contribution is 9.10. The van der Waals surface area contributed by atoms with Gasteiger partial charge in [-0.3, -0.25) is 4.98 Å². The van der Waals surface area contributed by atoms with Crippen LogP contribution in [0.1, 0.15) is 5.56 Å². The minimum atomic E-state index is -0.204. The lowest BCUT2D eigenvalue weighted by molar-refractivity contribution is 0.629. The van der Waals surface area contributed by atoms with Gasteiger partial charge in [-0.1, -0.05) is 0 Å². The standard InChI is InChI=1S/C14H10BrFN2/c15-12-5-10(7-17-8-12)9-18-4-3-11-6-13(16)1-2-14(11)18/h1-8H,9H2. The fourth-order valence-corrected chi connectivity index (χ4v) is 2.46. The van der Waals surface area contributed by atoms with Gasteiger partial charge in [-0.05, 0) is 51.8 Å². The average Bonchev–Trinajstić information content (AvgIpc) is 2.72. The van der Waals surface area contributed by atoms with E-state index in [1.165, 1.54) is 6.07 Å². The maximum Gasteiger partial charge on any atom is 0.123 e. The second-order valence-corrected chi connectivity index (χ2v) is 5.07. The highest BCUT2D eigenvalue weighted by Gasteiger charge is 2.03. The summed E-state index contributed by atoms with van der Waals surface area (Å²) < 4.78 is 16.1. The largest absolute Gasteiger partial charge is 0.343 e. The summed E-state index contributed by atoms with van der Waals surface area (Å²) >= 11 is 3.40. The number of pyridine rings is 1. The van der Waals surface area contributed by atoms with Gasteiger partial charge in [-0.2, -0.15) is 0 Å². The third-order valence-electron chi connectivity index (χ3n) is 2.85. The molecule has 2 nitrogen and oxygen atoms in total. The molecule has 1 aromatic carbocycles. The van der Waals surface area contributed by atoms with Gasteiger partial charge in [0.1, 0.15) is 5.82 Å². The first-order chi connectivity index (χ1) is 8.72. The van der Waals surface area contributed by atoms with Crippen molar-refractivity contribution in [3.05, 3.63) is 64.8 Å². The van der Waals surface area contributed by atoms with Crippen LogP contribution in [-0.4, -0.2) is 9.55 Å². The molecule has 0 atom stereocenters. The molecule has 0 spiro atoms. The summed E-state index contributed by atoms with van der Waals surface area (Å²) in [5.74, 6) is -0.204. The monoisotopic (exact) mass is 304 g/mol. The molecule has 2 aromatic heterocycles. The van der Waals surface area contributed by atoms with Gasteiger partial charge in [-0.25, -0.2) is 4.39 Å². The van der Waals surface area contributed by atoms with Crippen LogP contribution in [0.25, 0.3) is 10.9 Å². The number of halogens is 2. The molecule has 3 aromatic rings. The van der Waals surface area contributed by atoms with Crippen LogP contribution in [0.5, 0.6) is 0 Å². The van der Waals surface area contributed by atoms with E-state index in [1.54, 1.807) is 18.3 Å². The summed E-state index contributed by atoms with van der Waals surface area (Å²) in [6, 6.07) is 8.78. The summed E-state index contributed by atoms with van der Waals surface area (Å²) in [5, 5.41) is 0.915. The van der Waals surface area contributed by atoms with Gasteiger partial charge in [0.05, 0.1) is 0 Å². The molecule has 90 valence electrons. The van der Waals surface area contributed by atoms with Crippen LogP contribution in [0.4, 0.5) is 4.39 Å².